The average molecular weight is 310 g/mol. The molecule has 1 N–H and O–H groups in total. The maximum Gasteiger partial charge on any atom is 0.263 e. The van der Waals surface area contributed by atoms with E-state index in [9.17, 15) is 8.42 Å². The van der Waals surface area contributed by atoms with E-state index in [2.05, 4.69) is 14.7 Å². The number of nitrogens with zero attached hydrogens (tertiary/aromatic N) is 2. The summed E-state index contributed by atoms with van der Waals surface area (Å²) in [6.07, 6.45) is 4.24. The molecule has 0 unspecified atom stereocenters. The van der Waals surface area contributed by atoms with Gasteiger partial charge in [-0.1, -0.05) is 17.7 Å². The van der Waals surface area contributed by atoms with Gasteiger partial charge in [-0.25, -0.2) is 18.4 Å². The van der Waals surface area contributed by atoms with Gasteiger partial charge in [-0.05, 0) is 42.5 Å². The van der Waals surface area contributed by atoms with Crippen LogP contribution in [0.3, 0.4) is 0 Å². The van der Waals surface area contributed by atoms with Crippen molar-refractivity contribution >= 4 is 27.4 Å². The summed E-state index contributed by atoms with van der Waals surface area (Å²) in [6.45, 7) is 0. The lowest BCUT2D eigenvalue weighted by Gasteiger charge is -2.08. The van der Waals surface area contributed by atoms with Gasteiger partial charge in [-0.3, -0.25) is 4.72 Å². The second kappa shape index (κ2) is 5.03. The molecule has 0 saturated heterocycles. The highest BCUT2D eigenvalue weighted by Crippen LogP contribution is 2.25. The topological polar surface area (TPSA) is 72.0 Å². The van der Waals surface area contributed by atoms with Crippen molar-refractivity contribution in [3.63, 3.8) is 0 Å². The number of hydrogen-bond acceptors (Lipinski definition) is 4. The van der Waals surface area contributed by atoms with Gasteiger partial charge in [-0.2, -0.15) is 0 Å². The minimum Gasteiger partial charge on any atom is -0.263 e. The van der Waals surface area contributed by atoms with Gasteiger partial charge in [0.05, 0.1) is 4.90 Å². The van der Waals surface area contributed by atoms with Gasteiger partial charge in [0.25, 0.3) is 10.0 Å². The predicted molar refractivity (Wildman–Crippen MR) is 76.3 cm³/mol. The molecule has 0 spiro atoms. The molecule has 0 saturated carbocycles. The first-order valence-electron chi connectivity index (χ1n) is 6.17. The molecule has 0 radical (unpaired) electrons. The second-order valence-corrected chi connectivity index (χ2v) is 6.69. The Hall–Kier alpha value is -1.66. The summed E-state index contributed by atoms with van der Waals surface area (Å²) in [5.41, 5.74) is 2.34. The smallest absolute Gasteiger partial charge is 0.263 e. The lowest BCUT2D eigenvalue weighted by molar-refractivity contribution is 0.601. The van der Waals surface area contributed by atoms with E-state index < -0.39 is 10.0 Å². The second-order valence-electron chi connectivity index (χ2n) is 4.62. The first-order valence-corrected chi connectivity index (χ1v) is 8.03. The highest BCUT2D eigenvalue weighted by molar-refractivity contribution is 7.92. The lowest BCUT2D eigenvalue weighted by Crippen LogP contribution is -2.14. The summed E-state index contributed by atoms with van der Waals surface area (Å²) in [5.74, 6) is 0.158. The zero-order chi connectivity index (χ0) is 14.2. The highest BCUT2D eigenvalue weighted by atomic mass is 35.5. The number of fused-ring (bicyclic) bond motifs is 1. The van der Waals surface area contributed by atoms with E-state index in [1.165, 1.54) is 18.0 Å². The van der Waals surface area contributed by atoms with Crippen LogP contribution in [0.5, 0.6) is 0 Å². The molecule has 5 nitrogen and oxygen atoms in total. The SMILES string of the molecule is O=S(=O)(Nc1cc(Cl)ncn1)c1ccc2c(c1)CCC2. The Kier molecular flexibility index (Phi) is 3.35. The van der Waals surface area contributed by atoms with Crippen LogP contribution in [0.2, 0.25) is 5.15 Å². The summed E-state index contributed by atoms with van der Waals surface area (Å²) in [7, 11) is -3.65. The largest absolute Gasteiger partial charge is 0.263 e. The Morgan fingerprint density at radius 1 is 1.10 bits per heavy atom. The van der Waals surface area contributed by atoms with E-state index in [4.69, 9.17) is 11.6 Å². The molecule has 1 heterocycles. The molecule has 7 heteroatoms. The van der Waals surface area contributed by atoms with Crippen molar-refractivity contribution in [3.8, 4) is 0 Å². The van der Waals surface area contributed by atoms with Gasteiger partial charge in [0.1, 0.15) is 17.3 Å². The number of aromatic nitrogens is 2. The van der Waals surface area contributed by atoms with E-state index in [0.29, 0.717) is 0 Å². The molecule has 1 aromatic carbocycles. The fraction of sp³-hybridized carbons (Fsp3) is 0.231. The highest BCUT2D eigenvalue weighted by Gasteiger charge is 2.19. The molecule has 3 rings (SSSR count). The van der Waals surface area contributed by atoms with Crippen LogP contribution in [0, 0.1) is 0 Å². The maximum atomic E-state index is 12.3. The first-order chi connectivity index (χ1) is 9.54. The summed E-state index contributed by atoms with van der Waals surface area (Å²) in [4.78, 5) is 7.79. The summed E-state index contributed by atoms with van der Waals surface area (Å²) < 4.78 is 27.0. The van der Waals surface area contributed by atoms with E-state index in [1.54, 1.807) is 12.1 Å². The van der Waals surface area contributed by atoms with Crippen molar-refractivity contribution in [2.75, 3.05) is 4.72 Å². The molecule has 1 aromatic heterocycles. The van der Waals surface area contributed by atoms with Crippen molar-refractivity contribution in [2.45, 2.75) is 24.2 Å². The fourth-order valence-corrected chi connectivity index (χ4v) is 3.50. The Labute approximate surface area is 122 Å². The average Bonchev–Trinajstić information content (AvgIpc) is 2.85. The Morgan fingerprint density at radius 2 is 1.90 bits per heavy atom. The Bertz CT molecular complexity index is 762. The molecule has 20 heavy (non-hydrogen) atoms. The van der Waals surface area contributed by atoms with Gasteiger partial charge in [0.2, 0.25) is 0 Å². The van der Waals surface area contributed by atoms with Crippen LogP contribution in [0.1, 0.15) is 17.5 Å². The van der Waals surface area contributed by atoms with E-state index >= 15 is 0 Å². The summed E-state index contributed by atoms with van der Waals surface area (Å²) in [6, 6.07) is 6.60. The van der Waals surface area contributed by atoms with Crippen LogP contribution < -0.4 is 4.72 Å². The van der Waals surface area contributed by atoms with Crippen LogP contribution in [-0.4, -0.2) is 18.4 Å². The molecular weight excluding hydrogens is 298 g/mol. The molecule has 1 aliphatic carbocycles. The van der Waals surface area contributed by atoms with Crippen molar-refractivity contribution in [3.05, 3.63) is 46.9 Å². The van der Waals surface area contributed by atoms with Crippen LogP contribution in [0.25, 0.3) is 0 Å². The van der Waals surface area contributed by atoms with Gasteiger partial charge >= 0.3 is 0 Å². The zero-order valence-corrected chi connectivity index (χ0v) is 12.1. The normalized spacial score (nSPS) is 14.1. The van der Waals surface area contributed by atoms with Crippen molar-refractivity contribution in [2.24, 2.45) is 0 Å². The Balaban J connectivity index is 1.92. The molecular formula is C13H12ClN3O2S. The fourth-order valence-electron chi connectivity index (χ4n) is 2.30. The van der Waals surface area contributed by atoms with E-state index in [-0.39, 0.29) is 15.9 Å². The first kappa shape index (κ1) is 13.3. The van der Waals surface area contributed by atoms with Crippen LogP contribution in [0.15, 0.2) is 35.5 Å². The van der Waals surface area contributed by atoms with Crippen molar-refractivity contribution in [1.82, 2.24) is 9.97 Å². The third-order valence-electron chi connectivity index (χ3n) is 3.25. The molecule has 0 amide bonds. The summed E-state index contributed by atoms with van der Waals surface area (Å²) in [5, 5.41) is 0.187. The van der Waals surface area contributed by atoms with Crippen LogP contribution in [0.4, 0.5) is 5.82 Å². The molecule has 0 atom stereocenters. The lowest BCUT2D eigenvalue weighted by atomic mass is 10.1. The van der Waals surface area contributed by atoms with Crippen LogP contribution >= 0.6 is 11.6 Å². The molecule has 2 aromatic rings. The monoisotopic (exact) mass is 309 g/mol. The molecule has 0 bridgehead atoms. The number of anilines is 1. The van der Waals surface area contributed by atoms with Gasteiger partial charge in [-0.15, -0.1) is 0 Å². The number of benzene rings is 1. The number of hydrogen-bond donors (Lipinski definition) is 1. The minimum absolute atomic E-state index is 0.158. The van der Waals surface area contributed by atoms with Crippen molar-refractivity contribution < 1.29 is 8.42 Å². The van der Waals surface area contributed by atoms with Crippen molar-refractivity contribution in [1.29, 1.82) is 0 Å². The Morgan fingerprint density at radius 3 is 2.70 bits per heavy atom. The van der Waals surface area contributed by atoms with E-state index in [0.717, 1.165) is 24.8 Å². The van der Waals surface area contributed by atoms with E-state index in [1.807, 2.05) is 6.07 Å². The third-order valence-corrected chi connectivity index (χ3v) is 4.81. The summed E-state index contributed by atoms with van der Waals surface area (Å²) >= 11 is 5.71. The van der Waals surface area contributed by atoms with Crippen LogP contribution in [-0.2, 0) is 22.9 Å². The third kappa shape index (κ3) is 2.62. The number of rotatable bonds is 3. The standard InChI is InChI=1S/C13H12ClN3O2S/c14-12-7-13(16-8-15-12)17-20(18,19)11-5-4-9-2-1-3-10(9)6-11/h4-8H,1-3H2,(H,15,16,17). The molecule has 104 valence electrons. The number of aryl methyl sites for hydroxylation is 2. The quantitative estimate of drug-likeness (QED) is 0.884. The molecule has 0 aliphatic heterocycles. The number of sulfonamides is 1. The predicted octanol–water partition coefficient (Wildman–Crippen LogP) is 2.42. The molecule has 0 fully saturated rings. The zero-order valence-electron chi connectivity index (χ0n) is 10.5. The molecule has 1 aliphatic rings. The number of nitrogens with one attached hydrogen (secondary N) is 1. The maximum absolute atomic E-state index is 12.3. The van der Waals surface area contributed by atoms with Gasteiger partial charge < -0.3 is 0 Å². The minimum atomic E-state index is -3.65. The van der Waals surface area contributed by atoms with Gasteiger partial charge in [0.15, 0.2) is 0 Å². The number of halogens is 1. The van der Waals surface area contributed by atoms with Gasteiger partial charge in [0, 0.05) is 6.07 Å².